The molecule has 0 spiro atoms. The van der Waals surface area contributed by atoms with Gasteiger partial charge in [0.15, 0.2) is 11.6 Å². The third-order valence-corrected chi connectivity index (χ3v) is 3.90. The van der Waals surface area contributed by atoms with E-state index < -0.39 is 17.5 Å². The van der Waals surface area contributed by atoms with Crippen LogP contribution in [0, 0.1) is 11.6 Å². The van der Waals surface area contributed by atoms with Gasteiger partial charge in [0.05, 0.1) is 0 Å². The van der Waals surface area contributed by atoms with Crippen LogP contribution in [0.2, 0.25) is 0 Å². The van der Waals surface area contributed by atoms with Gasteiger partial charge in [0.25, 0.3) is 5.91 Å². The largest absolute Gasteiger partial charge is 0.340 e. The molecule has 0 bridgehead atoms. The minimum absolute atomic E-state index is 0.00281. The highest BCUT2D eigenvalue weighted by atomic mass is 19.2. The molecule has 5 nitrogen and oxygen atoms in total. The Hall–Kier alpha value is -2.02. The summed E-state index contributed by atoms with van der Waals surface area (Å²) in [6.45, 7) is 5.33. The van der Waals surface area contributed by atoms with E-state index in [1.807, 2.05) is 0 Å². The molecule has 1 aliphatic rings. The lowest BCUT2D eigenvalue weighted by molar-refractivity contribution is -0.131. The molecule has 0 unspecified atom stereocenters. The van der Waals surface area contributed by atoms with Gasteiger partial charge in [0, 0.05) is 51.3 Å². The second-order valence-electron chi connectivity index (χ2n) is 5.39. The number of rotatable bonds is 5. The van der Waals surface area contributed by atoms with E-state index in [0.717, 1.165) is 25.2 Å². The van der Waals surface area contributed by atoms with Crippen molar-refractivity contribution in [3.8, 4) is 0 Å². The summed E-state index contributed by atoms with van der Waals surface area (Å²) in [4.78, 5) is 27.7. The number of benzene rings is 1. The average molecular weight is 325 g/mol. The number of piperazine rings is 1. The lowest BCUT2D eigenvalue weighted by Crippen LogP contribution is -2.47. The third-order valence-electron chi connectivity index (χ3n) is 3.90. The molecule has 1 fully saturated rings. The Morgan fingerprint density at radius 3 is 2.52 bits per heavy atom. The number of carbonyl (C=O) groups is 2. The lowest BCUT2D eigenvalue weighted by Gasteiger charge is -2.28. The predicted molar refractivity (Wildman–Crippen MR) is 82.0 cm³/mol. The number of hydrogen-bond donors (Lipinski definition) is 1. The maximum Gasteiger partial charge on any atom is 0.253 e. The zero-order chi connectivity index (χ0) is 16.8. The Kier molecular flexibility index (Phi) is 6.04. The predicted octanol–water partition coefficient (Wildman–Crippen LogP) is 1.25. The van der Waals surface area contributed by atoms with Crippen molar-refractivity contribution >= 4 is 11.8 Å². The smallest absolute Gasteiger partial charge is 0.253 e. The quantitative estimate of drug-likeness (QED) is 0.886. The number of carbonyl (C=O) groups excluding carboxylic acids is 2. The molecule has 2 amide bonds. The minimum Gasteiger partial charge on any atom is -0.340 e. The molecule has 1 aromatic carbocycles. The molecule has 1 N–H and O–H groups in total. The van der Waals surface area contributed by atoms with Crippen LogP contribution in [0.25, 0.3) is 0 Å². The van der Waals surface area contributed by atoms with E-state index in [1.165, 1.54) is 11.0 Å². The summed E-state index contributed by atoms with van der Waals surface area (Å²) < 4.78 is 26.2. The molecule has 0 aromatic heterocycles. The van der Waals surface area contributed by atoms with Gasteiger partial charge in [-0.2, -0.15) is 0 Å². The van der Waals surface area contributed by atoms with Crippen molar-refractivity contribution < 1.29 is 18.4 Å². The van der Waals surface area contributed by atoms with Gasteiger partial charge in [-0.3, -0.25) is 9.59 Å². The minimum atomic E-state index is -1.05. The Morgan fingerprint density at radius 1 is 1.22 bits per heavy atom. The fraction of sp³-hybridized carbons (Fsp3) is 0.500. The molecule has 126 valence electrons. The molecule has 0 atom stereocenters. The number of nitrogens with one attached hydrogen (secondary N) is 1. The standard InChI is InChI=1S/C16H21F2N3O2/c1-2-20(8-5-15(22)21-9-6-19-7-10-21)16(23)12-3-4-13(17)14(18)11-12/h3-4,11,19H,2,5-10H2,1H3. The molecule has 1 saturated heterocycles. The van der Waals surface area contributed by atoms with Crippen molar-refractivity contribution in [2.24, 2.45) is 0 Å². The number of halogens is 2. The second kappa shape index (κ2) is 8.01. The first-order chi connectivity index (χ1) is 11.0. The fourth-order valence-corrected chi connectivity index (χ4v) is 2.52. The van der Waals surface area contributed by atoms with Gasteiger partial charge < -0.3 is 15.1 Å². The van der Waals surface area contributed by atoms with Crippen LogP contribution in [-0.2, 0) is 4.79 Å². The first-order valence-electron chi connectivity index (χ1n) is 7.75. The van der Waals surface area contributed by atoms with Gasteiger partial charge in [0.2, 0.25) is 5.91 Å². The van der Waals surface area contributed by atoms with E-state index in [2.05, 4.69) is 5.32 Å². The Balaban J connectivity index is 1.94. The van der Waals surface area contributed by atoms with Crippen molar-refractivity contribution in [1.82, 2.24) is 15.1 Å². The van der Waals surface area contributed by atoms with Crippen molar-refractivity contribution in [1.29, 1.82) is 0 Å². The molecular formula is C16H21F2N3O2. The highest BCUT2D eigenvalue weighted by Gasteiger charge is 2.20. The van der Waals surface area contributed by atoms with Gasteiger partial charge in [-0.15, -0.1) is 0 Å². The summed E-state index contributed by atoms with van der Waals surface area (Å²) in [7, 11) is 0. The van der Waals surface area contributed by atoms with Crippen molar-refractivity contribution in [3.63, 3.8) is 0 Å². The average Bonchev–Trinajstić information content (AvgIpc) is 2.58. The van der Waals surface area contributed by atoms with E-state index >= 15 is 0 Å². The van der Waals surface area contributed by atoms with E-state index in [0.29, 0.717) is 19.6 Å². The lowest BCUT2D eigenvalue weighted by atomic mass is 10.1. The molecule has 1 aliphatic heterocycles. The molecule has 1 aromatic rings. The number of amides is 2. The normalized spacial score (nSPS) is 14.7. The van der Waals surface area contributed by atoms with Gasteiger partial charge in [-0.1, -0.05) is 0 Å². The maximum absolute atomic E-state index is 13.3. The first-order valence-corrected chi connectivity index (χ1v) is 7.75. The van der Waals surface area contributed by atoms with Gasteiger partial charge >= 0.3 is 0 Å². The van der Waals surface area contributed by atoms with Crippen LogP contribution in [0.1, 0.15) is 23.7 Å². The van der Waals surface area contributed by atoms with Crippen molar-refractivity contribution in [2.45, 2.75) is 13.3 Å². The van der Waals surface area contributed by atoms with E-state index in [1.54, 1.807) is 11.8 Å². The van der Waals surface area contributed by atoms with Crippen LogP contribution in [-0.4, -0.2) is 60.9 Å². The summed E-state index contributed by atoms with van der Waals surface area (Å²) in [5.74, 6) is -2.44. The number of hydrogen-bond acceptors (Lipinski definition) is 3. The topological polar surface area (TPSA) is 52.7 Å². The van der Waals surface area contributed by atoms with E-state index in [-0.39, 0.29) is 24.4 Å². The van der Waals surface area contributed by atoms with Gasteiger partial charge in [0.1, 0.15) is 0 Å². The number of nitrogens with zero attached hydrogens (tertiary/aromatic N) is 2. The van der Waals surface area contributed by atoms with E-state index in [9.17, 15) is 18.4 Å². The van der Waals surface area contributed by atoms with Crippen LogP contribution in [0.3, 0.4) is 0 Å². The van der Waals surface area contributed by atoms with Gasteiger partial charge in [-0.05, 0) is 25.1 Å². The van der Waals surface area contributed by atoms with Crippen LogP contribution >= 0.6 is 0 Å². The second-order valence-corrected chi connectivity index (χ2v) is 5.39. The Morgan fingerprint density at radius 2 is 1.91 bits per heavy atom. The van der Waals surface area contributed by atoms with Crippen molar-refractivity contribution in [2.75, 3.05) is 39.3 Å². The first kappa shape index (κ1) is 17.3. The van der Waals surface area contributed by atoms with Crippen LogP contribution in [0.15, 0.2) is 18.2 Å². The Bertz CT molecular complexity index is 574. The summed E-state index contributed by atoms with van der Waals surface area (Å²) in [6.07, 6.45) is 0.225. The molecular weight excluding hydrogens is 304 g/mol. The van der Waals surface area contributed by atoms with Crippen LogP contribution in [0.5, 0.6) is 0 Å². The molecule has 0 aliphatic carbocycles. The maximum atomic E-state index is 13.3. The molecule has 2 rings (SSSR count). The Labute approximate surface area is 134 Å². The van der Waals surface area contributed by atoms with Crippen LogP contribution in [0.4, 0.5) is 8.78 Å². The highest BCUT2D eigenvalue weighted by molar-refractivity contribution is 5.94. The summed E-state index contributed by atoms with van der Waals surface area (Å²) >= 11 is 0. The zero-order valence-corrected chi connectivity index (χ0v) is 13.1. The third kappa shape index (κ3) is 4.48. The van der Waals surface area contributed by atoms with Crippen LogP contribution < -0.4 is 5.32 Å². The summed E-state index contributed by atoms with van der Waals surface area (Å²) in [5, 5.41) is 3.17. The zero-order valence-electron chi connectivity index (χ0n) is 13.1. The monoisotopic (exact) mass is 325 g/mol. The molecule has 1 heterocycles. The fourth-order valence-electron chi connectivity index (χ4n) is 2.52. The summed E-state index contributed by atoms with van der Waals surface area (Å²) in [6, 6.07) is 3.07. The molecule has 0 radical (unpaired) electrons. The molecule has 7 heteroatoms. The van der Waals surface area contributed by atoms with Gasteiger partial charge in [-0.25, -0.2) is 8.78 Å². The summed E-state index contributed by atoms with van der Waals surface area (Å²) in [5.41, 5.74) is 0.0837. The molecule has 23 heavy (non-hydrogen) atoms. The highest BCUT2D eigenvalue weighted by Crippen LogP contribution is 2.12. The van der Waals surface area contributed by atoms with Crippen molar-refractivity contribution in [3.05, 3.63) is 35.4 Å². The van der Waals surface area contributed by atoms with E-state index in [4.69, 9.17) is 0 Å². The SMILES string of the molecule is CCN(CCC(=O)N1CCNCC1)C(=O)c1ccc(F)c(F)c1. The molecule has 0 saturated carbocycles.